The summed E-state index contributed by atoms with van der Waals surface area (Å²) in [6, 6.07) is 14.0. The Bertz CT molecular complexity index is 810. The van der Waals surface area contributed by atoms with Crippen LogP contribution in [0.1, 0.15) is 6.42 Å². The molecule has 0 radical (unpaired) electrons. The summed E-state index contributed by atoms with van der Waals surface area (Å²) in [6.45, 7) is 0.934. The average molecular weight is 385 g/mol. The summed E-state index contributed by atoms with van der Waals surface area (Å²) in [5, 5.41) is 8.12. The largest absolute Gasteiger partial charge is 0.497 e. The summed E-state index contributed by atoms with van der Waals surface area (Å²) in [6.07, 6.45) is -0.0783. The molecule has 0 saturated carbocycles. The monoisotopic (exact) mass is 385 g/mol. The SMILES string of the molecule is COc1ccc(NC(=O)NCCC(=O)NC[C@H]2COc3ccccc3O2)cc1. The maximum Gasteiger partial charge on any atom is 0.319 e. The zero-order valence-corrected chi connectivity index (χ0v) is 15.6. The normalized spacial score (nSPS) is 14.7. The van der Waals surface area contributed by atoms with E-state index in [1.165, 1.54) is 0 Å². The van der Waals surface area contributed by atoms with Gasteiger partial charge in [-0.25, -0.2) is 4.79 Å². The molecule has 0 aliphatic carbocycles. The van der Waals surface area contributed by atoms with Crippen LogP contribution in [-0.4, -0.2) is 44.8 Å². The van der Waals surface area contributed by atoms with Crippen LogP contribution in [0.15, 0.2) is 48.5 Å². The molecule has 1 heterocycles. The molecule has 28 heavy (non-hydrogen) atoms. The molecule has 0 spiro atoms. The van der Waals surface area contributed by atoms with Crippen molar-refractivity contribution in [3.05, 3.63) is 48.5 Å². The van der Waals surface area contributed by atoms with Crippen LogP contribution < -0.4 is 30.2 Å². The van der Waals surface area contributed by atoms with Gasteiger partial charge in [-0.3, -0.25) is 4.79 Å². The van der Waals surface area contributed by atoms with E-state index in [0.717, 1.165) is 0 Å². The van der Waals surface area contributed by atoms with Gasteiger partial charge in [-0.2, -0.15) is 0 Å². The number of ether oxygens (including phenoxy) is 3. The number of hydrogen-bond acceptors (Lipinski definition) is 5. The number of amides is 3. The Morgan fingerprint density at radius 1 is 1.07 bits per heavy atom. The zero-order chi connectivity index (χ0) is 19.8. The lowest BCUT2D eigenvalue weighted by Gasteiger charge is -2.26. The summed E-state index contributed by atoms with van der Waals surface area (Å²) in [5.41, 5.74) is 0.637. The Morgan fingerprint density at radius 2 is 1.82 bits per heavy atom. The van der Waals surface area contributed by atoms with E-state index in [0.29, 0.717) is 36.1 Å². The minimum atomic E-state index is -0.376. The van der Waals surface area contributed by atoms with Gasteiger partial charge in [-0.1, -0.05) is 12.1 Å². The number of urea groups is 1. The van der Waals surface area contributed by atoms with Crippen molar-refractivity contribution < 1.29 is 23.8 Å². The Hall–Kier alpha value is -3.42. The van der Waals surface area contributed by atoms with Crippen molar-refractivity contribution in [2.45, 2.75) is 12.5 Å². The van der Waals surface area contributed by atoms with Gasteiger partial charge in [0.15, 0.2) is 11.5 Å². The summed E-state index contributed by atoms with van der Waals surface area (Å²) in [4.78, 5) is 23.8. The lowest BCUT2D eigenvalue weighted by molar-refractivity contribution is -0.121. The van der Waals surface area contributed by atoms with Crippen LogP contribution in [0.3, 0.4) is 0 Å². The van der Waals surface area contributed by atoms with E-state index >= 15 is 0 Å². The van der Waals surface area contributed by atoms with E-state index in [1.54, 1.807) is 31.4 Å². The molecule has 2 aromatic carbocycles. The molecular formula is C20H23N3O5. The van der Waals surface area contributed by atoms with Gasteiger partial charge in [0.1, 0.15) is 18.5 Å². The highest BCUT2D eigenvalue weighted by atomic mass is 16.6. The summed E-state index contributed by atoms with van der Waals surface area (Å²) >= 11 is 0. The van der Waals surface area contributed by atoms with Crippen LogP contribution in [0, 0.1) is 0 Å². The number of rotatable bonds is 7. The second-order valence-electron chi connectivity index (χ2n) is 6.16. The molecule has 148 valence electrons. The maximum absolute atomic E-state index is 11.9. The molecule has 0 fully saturated rings. The highest BCUT2D eigenvalue weighted by Gasteiger charge is 2.20. The Balaban J connectivity index is 1.31. The minimum absolute atomic E-state index is 0.167. The number of nitrogens with one attached hydrogen (secondary N) is 3. The topological polar surface area (TPSA) is 97.9 Å². The third kappa shape index (κ3) is 5.54. The molecule has 3 rings (SSSR count). The van der Waals surface area contributed by atoms with Gasteiger partial charge in [-0.05, 0) is 36.4 Å². The minimum Gasteiger partial charge on any atom is -0.497 e. The van der Waals surface area contributed by atoms with Crippen molar-refractivity contribution in [3.63, 3.8) is 0 Å². The number of para-hydroxylation sites is 2. The third-order valence-electron chi connectivity index (χ3n) is 4.08. The van der Waals surface area contributed by atoms with Gasteiger partial charge in [0.25, 0.3) is 0 Å². The molecule has 0 aromatic heterocycles. The standard InChI is InChI=1S/C20H23N3O5/c1-26-15-8-6-14(7-9-15)23-20(25)21-11-10-19(24)22-12-16-13-27-17-4-2-3-5-18(17)28-16/h2-9,16H,10-13H2,1H3,(H,22,24)(H2,21,23,25)/t16-/m0/s1. The Morgan fingerprint density at radius 3 is 2.57 bits per heavy atom. The molecule has 1 aliphatic heterocycles. The number of hydrogen-bond donors (Lipinski definition) is 3. The first-order valence-corrected chi connectivity index (χ1v) is 8.98. The maximum atomic E-state index is 11.9. The van der Waals surface area contributed by atoms with E-state index in [9.17, 15) is 9.59 Å². The molecule has 8 heteroatoms. The van der Waals surface area contributed by atoms with Crippen molar-refractivity contribution in [1.29, 1.82) is 0 Å². The molecule has 2 aromatic rings. The molecule has 0 unspecified atom stereocenters. The van der Waals surface area contributed by atoms with E-state index in [2.05, 4.69) is 16.0 Å². The molecule has 1 atom stereocenters. The van der Waals surface area contributed by atoms with Gasteiger partial charge in [0.2, 0.25) is 5.91 Å². The lowest BCUT2D eigenvalue weighted by atomic mass is 10.2. The second kappa shape index (κ2) is 9.50. The lowest BCUT2D eigenvalue weighted by Crippen LogP contribution is -2.41. The third-order valence-corrected chi connectivity index (χ3v) is 4.08. The van der Waals surface area contributed by atoms with Crippen molar-refractivity contribution in [2.24, 2.45) is 0 Å². The molecule has 3 N–H and O–H groups in total. The van der Waals surface area contributed by atoms with Crippen LogP contribution in [0.4, 0.5) is 10.5 Å². The van der Waals surface area contributed by atoms with Crippen molar-refractivity contribution in [3.8, 4) is 17.2 Å². The molecular weight excluding hydrogens is 362 g/mol. The van der Waals surface area contributed by atoms with E-state index in [4.69, 9.17) is 14.2 Å². The van der Waals surface area contributed by atoms with Crippen molar-refractivity contribution >= 4 is 17.6 Å². The Labute approximate surface area is 163 Å². The number of carbonyl (C=O) groups is 2. The highest BCUT2D eigenvalue weighted by molar-refractivity contribution is 5.89. The predicted molar refractivity (Wildman–Crippen MR) is 104 cm³/mol. The first-order chi connectivity index (χ1) is 13.6. The van der Waals surface area contributed by atoms with Gasteiger partial charge in [-0.15, -0.1) is 0 Å². The first kappa shape index (κ1) is 19.3. The number of fused-ring (bicyclic) bond motifs is 1. The van der Waals surface area contributed by atoms with Gasteiger partial charge in [0, 0.05) is 18.7 Å². The number of anilines is 1. The molecule has 0 bridgehead atoms. The van der Waals surface area contributed by atoms with Gasteiger partial charge < -0.3 is 30.2 Å². The van der Waals surface area contributed by atoms with Crippen LogP contribution in [0.25, 0.3) is 0 Å². The van der Waals surface area contributed by atoms with Crippen LogP contribution in [0.2, 0.25) is 0 Å². The summed E-state index contributed by atoms with van der Waals surface area (Å²) < 4.78 is 16.4. The highest BCUT2D eigenvalue weighted by Crippen LogP contribution is 2.30. The van der Waals surface area contributed by atoms with E-state index in [1.807, 2.05) is 24.3 Å². The van der Waals surface area contributed by atoms with E-state index < -0.39 is 0 Å². The second-order valence-corrected chi connectivity index (χ2v) is 6.16. The Kier molecular flexibility index (Phi) is 6.56. The fraction of sp³-hybridized carbons (Fsp3) is 0.300. The smallest absolute Gasteiger partial charge is 0.319 e. The molecule has 8 nitrogen and oxygen atoms in total. The zero-order valence-electron chi connectivity index (χ0n) is 15.6. The average Bonchev–Trinajstić information content (AvgIpc) is 2.72. The van der Waals surface area contributed by atoms with Crippen LogP contribution in [0.5, 0.6) is 17.2 Å². The number of methoxy groups -OCH3 is 1. The van der Waals surface area contributed by atoms with Gasteiger partial charge in [0.05, 0.1) is 13.7 Å². The molecule has 0 saturated heterocycles. The molecule has 1 aliphatic rings. The van der Waals surface area contributed by atoms with Crippen molar-refractivity contribution in [2.75, 3.05) is 32.1 Å². The van der Waals surface area contributed by atoms with Crippen LogP contribution in [-0.2, 0) is 4.79 Å². The number of benzene rings is 2. The van der Waals surface area contributed by atoms with E-state index in [-0.39, 0.29) is 31.0 Å². The number of carbonyl (C=O) groups excluding carboxylic acids is 2. The van der Waals surface area contributed by atoms with Gasteiger partial charge >= 0.3 is 6.03 Å². The quantitative estimate of drug-likeness (QED) is 0.679. The van der Waals surface area contributed by atoms with Crippen molar-refractivity contribution in [1.82, 2.24) is 10.6 Å². The fourth-order valence-electron chi connectivity index (χ4n) is 2.62. The summed E-state index contributed by atoms with van der Waals surface area (Å²) in [7, 11) is 1.58. The summed E-state index contributed by atoms with van der Waals surface area (Å²) in [5.74, 6) is 1.91. The predicted octanol–water partition coefficient (Wildman–Crippen LogP) is 2.16. The first-order valence-electron chi connectivity index (χ1n) is 8.98. The molecule has 3 amide bonds. The van der Waals surface area contributed by atoms with Crippen LogP contribution >= 0.6 is 0 Å². The fourth-order valence-corrected chi connectivity index (χ4v) is 2.62.